The summed E-state index contributed by atoms with van der Waals surface area (Å²) in [5.41, 5.74) is 2.61. The number of rotatable bonds is 5. The van der Waals surface area contributed by atoms with E-state index in [1.54, 1.807) is 7.11 Å². The molecular weight excluding hydrogens is 290 g/mol. The zero-order valence-corrected chi connectivity index (χ0v) is 13.2. The highest BCUT2D eigenvalue weighted by molar-refractivity contribution is 5.98. The first-order valence-electron chi connectivity index (χ1n) is 7.91. The largest absolute Gasteiger partial charge is 0.496 e. The van der Waals surface area contributed by atoms with Crippen LogP contribution >= 0.6 is 0 Å². The minimum absolute atomic E-state index is 0.127. The molecule has 1 fully saturated rings. The molecule has 1 atom stereocenters. The number of benzene rings is 2. The summed E-state index contributed by atoms with van der Waals surface area (Å²) < 4.78 is 10.9. The van der Waals surface area contributed by atoms with Gasteiger partial charge in [0.15, 0.2) is 0 Å². The van der Waals surface area contributed by atoms with Crippen molar-refractivity contribution in [2.45, 2.75) is 18.9 Å². The molecular formula is C19H21NO3. The second kappa shape index (κ2) is 7.29. The van der Waals surface area contributed by atoms with Gasteiger partial charge in [0.25, 0.3) is 5.91 Å². The van der Waals surface area contributed by atoms with E-state index in [0.717, 1.165) is 30.6 Å². The normalized spacial score (nSPS) is 17.0. The van der Waals surface area contributed by atoms with Gasteiger partial charge < -0.3 is 14.8 Å². The summed E-state index contributed by atoms with van der Waals surface area (Å²) in [6, 6.07) is 15.7. The number of methoxy groups -OCH3 is 1. The molecule has 1 unspecified atom stereocenters. The van der Waals surface area contributed by atoms with Gasteiger partial charge in [0.2, 0.25) is 0 Å². The summed E-state index contributed by atoms with van der Waals surface area (Å²) >= 11 is 0. The van der Waals surface area contributed by atoms with Crippen LogP contribution in [-0.2, 0) is 4.74 Å². The van der Waals surface area contributed by atoms with Crippen LogP contribution in [0.25, 0.3) is 11.1 Å². The van der Waals surface area contributed by atoms with Crippen molar-refractivity contribution in [2.75, 3.05) is 20.3 Å². The van der Waals surface area contributed by atoms with E-state index in [9.17, 15) is 4.79 Å². The van der Waals surface area contributed by atoms with Gasteiger partial charge in [0, 0.05) is 13.2 Å². The van der Waals surface area contributed by atoms with Crippen LogP contribution in [0.3, 0.4) is 0 Å². The molecule has 0 radical (unpaired) electrons. The SMILES string of the molecule is COc1ccc(-c2ccccc2)cc1C(=O)NCC1CCCO1. The van der Waals surface area contributed by atoms with E-state index in [2.05, 4.69) is 5.32 Å². The first kappa shape index (κ1) is 15.6. The van der Waals surface area contributed by atoms with Gasteiger partial charge in [-0.1, -0.05) is 36.4 Å². The van der Waals surface area contributed by atoms with Crippen LogP contribution in [0.15, 0.2) is 48.5 Å². The molecule has 1 N–H and O–H groups in total. The molecule has 120 valence electrons. The average molecular weight is 311 g/mol. The molecule has 23 heavy (non-hydrogen) atoms. The lowest BCUT2D eigenvalue weighted by atomic mass is 10.0. The van der Waals surface area contributed by atoms with Crippen LogP contribution in [0, 0.1) is 0 Å². The standard InChI is InChI=1S/C19H21NO3/c1-22-18-10-9-15(14-6-3-2-4-7-14)12-17(18)19(21)20-13-16-8-5-11-23-16/h2-4,6-7,9-10,12,16H,5,8,11,13H2,1H3,(H,20,21). The van der Waals surface area contributed by atoms with Crippen molar-refractivity contribution in [3.8, 4) is 16.9 Å². The molecule has 0 bridgehead atoms. The maximum Gasteiger partial charge on any atom is 0.255 e. The fraction of sp³-hybridized carbons (Fsp3) is 0.316. The molecule has 1 aliphatic rings. The third-order valence-electron chi connectivity index (χ3n) is 4.07. The number of nitrogens with one attached hydrogen (secondary N) is 1. The van der Waals surface area contributed by atoms with Crippen molar-refractivity contribution in [3.63, 3.8) is 0 Å². The predicted octanol–water partition coefficient (Wildman–Crippen LogP) is 3.27. The second-order valence-corrected chi connectivity index (χ2v) is 5.63. The molecule has 4 nitrogen and oxygen atoms in total. The topological polar surface area (TPSA) is 47.6 Å². The number of hydrogen-bond acceptors (Lipinski definition) is 3. The molecule has 0 aliphatic carbocycles. The summed E-state index contributed by atoms with van der Waals surface area (Å²) in [6.07, 6.45) is 2.19. The maximum absolute atomic E-state index is 12.5. The molecule has 2 aromatic carbocycles. The molecule has 0 saturated carbocycles. The molecule has 0 spiro atoms. The molecule has 1 saturated heterocycles. The Bertz CT molecular complexity index is 664. The van der Waals surface area contributed by atoms with E-state index in [1.807, 2.05) is 48.5 Å². The van der Waals surface area contributed by atoms with Gasteiger partial charge in [0.05, 0.1) is 18.8 Å². The lowest BCUT2D eigenvalue weighted by Crippen LogP contribution is -2.32. The summed E-state index contributed by atoms with van der Waals surface area (Å²) in [6.45, 7) is 1.32. The zero-order valence-electron chi connectivity index (χ0n) is 13.2. The van der Waals surface area contributed by atoms with Crippen molar-refractivity contribution in [3.05, 3.63) is 54.1 Å². The van der Waals surface area contributed by atoms with Gasteiger partial charge in [-0.05, 0) is 36.1 Å². The Labute approximate surface area is 136 Å². The number of hydrogen-bond donors (Lipinski definition) is 1. The lowest BCUT2D eigenvalue weighted by molar-refractivity contribution is 0.0855. The molecule has 2 aromatic rings. The van der Waals surface area contributed by atoms with Crippen LogP contribution in [-0.4, -0.2) is 32.3 Å². The maximum atomic E-state index is 12.5. The number of carbonyl (C=O) groups excluding carboxylic acids is 1. The van der Waals surface area contributed by atoms with Crippen LogP contribution in [0.2, 0.25) is 0 Å². The van der Waals surface area contributed by atoms with Gasteiger partial charge in [-0.25, -0.2) is 0 Å². The fourth-order valence-electron chi connectivity index (χ4n) is 2.80. The predicted molar refractivity (Wildman–Crippen MR) is 89.7 cm³/mol. The zero-order chi connectivity index (χ0) is 16.1. The van der Waals surface area contributed by atoms with E-state index < -0.39 is 0 Å². The summed E-state index contributed by atoms with van der Waals surface area (Å²) in [7, 11) is 1.58. The van der Waals surface area contributed by atoms with Crippen molar-refractivity contribution in [2.24, 2.45) is 0 Å². The number of ether oxygens (including phenoxy) is 2. The van der Waals surface area contributed by atoms with Crippen LogP contribution in [0.5, 0.6) is 5.75 Å². The number of amides is 1. The molecule has 1 amide bonds. The first-order valence-corrected chi connectivity index (χ1v) is 7.91. The third-order valence-corrected chi connectivity index (χ3v) is 4.07. The van der Waals surface area contributed by atoms with Crippen molar-refractivity contribution in [1.29, 1.82) is 0 Å². The van der Waals surface area contributed by atoms with Gasteiger partial charge in [0.1, 0.15) is 5.75 Å². The Morgan fingerprint density at radius 2 is 2.04 bits per heavy atom. The summed E-state index contributed by atoms with van der Waals surface area (Å²) in [4.78, 5) is 12.5. The molecule has 0 aromatic heterocycles. The van der Waals surface area contributed by atoms with Gasteiger partial charge >= 0.3 is 0 Å². The highest BCUT2D eigenvalue weighted by Gasteiger charge is 2.18. The van der Waals surface area contributed by atoms with Gasteiger partial charge in [-0.3, -0.25) is 4.79 Å². The Morgan fingerprint density at radius 3 is 2.74 bits per heavy atom. The van der Waals surface area contributed by atoms with Crippen LogP contribution < -0.4 is 10.1 Å². The molecule has 3 rings (SSSR count). The summed E-state index contributed by atoms with van der Waals surface area (Å²) in [5.74, 6) is 0.449. The average Bonchev–Trinajstić information content (AvgIpc) is 3.13. The Balaban J connectivity index is 1.79. The molecule has 1 aliphatic heterocycles. The highest BCUT2D eigenvalue weighted by Crippen LogP contribution is 2.26. The Morgan fingerprint density at radius 1 is 1.22 bits per heavy atom. The Kier molecular flexibility index (Phi) is 4.93. The van der Waals surface area contributed by atoms with Crippen molar-refractivity contribution >= 4 is 5.91 Å². The van der Waals surface area contributed by atoms with Crippen LogP contribution in [0.4, 0.5) is 0 Å². The summed E-state index contributed by atoms with van der Waals surface area (Å²) in [5, 5.41) is 2.95. The minimum atomic E-state index is -0.130. The van der Waals surface area contributed by atoms with E-state index in [-0.39, 0.29) is 12.0 Å². The lowest BCUT2D eigenvalue weighted by Gasteiger charge is -2.14. The fourth-order valence-corrected chi connectivity index (χ4v) is 2.80. The van der Waals surface area contributed by atoms with E-state index in [4.69, 9.17) is 9.47 Å². The van der Waals surface area contributed by atoms with E-state index in [0.29, 0.717) is 17.9 Å². The first-order chi connectivity index (χ1) is 11.3. The third kappa shape index (κ3) is 3.71. The minimum Gasteiger partial charge on any atom is -0.496 e. The monoisotopic (exact) mass is 311 g/mol. The quantitative estimate of drug-likeness (QED) is 0.922. The second-order valence-electron chi connectivity index (χ2n) is 5.63. The number of carbonyl (C=O) groups is 1. The Hall–Kier alpha value is -2.33. The highest BCUT2D eigenvalue weighted by atomic mass is 16.5. The van der Waals surface area contributed by atoms with Crippen molar-refractivity contribution < 1.29 is 14.3 Å². The molecule has 4 heteroatoms. The van der Waals surface area contributed by atoms with E-state index >= 15 is 0 Å². The molecule has 1 heterocycles. The van der Waals surface area contributed by atoms with E-state index in [1.165, 1.54) is 0 Å². The smallest absolute Gasteiger partial charge is 0.255 e. The van der Waals surface area contributed by atoms with Crippen LogP contribution in [0.1, 0.15) is 23.2 Å². The van der Waals surface area contributed by atoms with Crippen molar-refractivity contribution in [1.82, 2.24) is 5.32 Å². The van der Waals surface area contributed by atoms with Gasteiger partial charge in [-0.2, -0.15) is 0 Å². The van der Waals surface area contributed by atoms with Gasteiger partial charge in [-0.15, -0.1) is 0 Å².